The molecule has 1 aromatic carbocycles. The van der Waals surface area contributed by atoms with Crippen LogP contribution in [0.4, 0.5) is 11.4 Å². The second-order valence-electron chi connectivity index (χ2n) is 8.56. The number of nitrogens with one attached hydrogen (secondary N) is 1. The minimum atomic E-state index is -0.0478. The van der Waals surface area contributed by atoms with E-state index in [1.165, 1.54) is 6.42 Å². The third kappa shape index (κ3) is 5.04. The maximum absolute atomic E-state index is 13.4. The molecule has 0 spiro atoms. The number of benzene rings is 1. The fourth-order valence-electron chi connectivity index (χ4n) is 4.35. The van der Waals surface area contributed by atoms with E-state index in [-0.39, 0.29) is 11.8 Å². The third-order valence-corrected chi connectivity index (χ3v) is 7.07. The Hall–Kier alpha value is -2.34. The van der Waals surface area contributed by atoms with Crippen LogP contribution < -0.4 is 10.2 Å². The number of amides is 2. The largest absolute Gasteiger partial charge is 0.371 e. The molecular formula is C24H31N3O2S. The summed E-state index contributed by atoms with van der Waals surface area (Å²) in [5.41, 5.74) is 2.43. The number of likely N-dealkylation sites (tertiary alicyclic amines) is 1. The minimum absolute atomic E-state index is 0.0478. The van der Waals surface area contributed by atoms with Gasteiger partial charge in [0.25, 0.3) is 5.91 Å². The first kappa shape index (κ1) is 20.9. The van der Waals surface area contributed by atoms with Gasteiger partial charge in [0.05, 0.1) is 12.0 Å². The first-order chi connectivity index (χ1) is 14.6. The van der Waals surface area contributed by atoms with Gasteiger partial charge in [-0.05, 0) is 67.7 Å². The fraction of sp³-hybridized carbons (Fsp3) is 0.500. The number of nitrogens with zero attached hydrogens (tertiary/aromatic N) is 2. The highest BCUT2D eigenvalue weighted by molar-refractivity contribution is 7.10. The number of hydrogen-bond acceptors (Lipinski definition) is 4. The van der Waals surface area contributed by atoms with E-state index in [2.05, 4.69) is 17.1 Å². The van der Waals surface area contributed by atoms with Crippen LogP contribution in [0.15, 0.2) is 35.7 Å². The summed E-state index contributed by atoms with van der Waals surface area (Å²) in [5.74, 6) is 0.782. The molecule has 160 valence electrons. The summed E-state index contributed by atoms with van der Waals surface area (Å²) in [6.45, 7) is 5.90. The first-order valence-corrected chi connectivity index (χ1v) is 12.0. The Morgan fingerprint density at radius 3 is 2.53 bits per heavy atom. The number of rotatable bonds is 5. The Balaban J connectivity index is 1.56. The molecule has 0 unspecified atom stereocenters. The molecule has 2 saturated heterocycles. The molecule has 0 radical (unpaired) electrons. The molecule has 2 aromatic rings. The predicted molar refractivity (Wildman–Crippen MR) is 123 cm³/mol. The molecule has 0 bridgehead atoms. The lowest BCUT2D eigenvalue weighted by Gasteiger charge is -2.35. The lowest BCUT2D eigenvalue weighted by atomic mass is 9.97. The Bertz CT molecular complexity index is 867. The molecule has 4 rings (SSSR count). The molecule has 2 aliphatic heterocycles. The van der Waals surface area contributed by atoms with Crippen LogP contribution in [0.2, 0.25) is 0 Å². The molecule has 2 fully saturated rings. The van der Waals surface area contributed by atoms with Gasteiger partial charge in [-0.3, -0.25) is 9.59 Å². The Morgan fingerprint density at radius 1 is 1.07 bits per heavy atom. The van der Waals surface area contributed by atoms with E-state index in [4.69, 9.17) is 0 Å². The zero-order valence-corrected chi connectivity index (χ0v) is 18.5. The van der Waals surface area contributed by atoms with Crippen LogP contribution >= 0.6 is 11.3 Å². The average Bonchev–Trinajstić information content (AvgIpc) is 3.27. The van der Waals surface area contributed by atoms with Gasteiger partial charge >= 0.3 is 0 Å². The Kier molecular flexibility index (Phi) is 6.72. The maximum Gasteiger partial charge on any atom is 0.256 e. The van der Waals surface area contributed by atoms with Crippen LogP contribution in [0.1, 0.15) is 54.3 Å². The van der Waals surface area contributed by atoms with Crippen molar-refractivity contribution in [2.24, 2.45) is 5.92 Å². The number of thiophene rings is 1. The molecule has 0 atom stereocenters. The number of anilines is 2. The third-order valence-electron chi connectivity index (χ3n) is 6.19. The Morgan fingerprint density at radius 2 is 1.83 bits per heavy atom. The van der Waals surface area contributed by atoms with Crippen molar-refractivity contribution in [2.45, 2.75) is 45.4 Å². The van der Waals surface area contributed by atoms with Crippen LogP contribution in [-0.2, 0) is 11.2 Å². The van der Waals surface area contributed by atoms with Gasteiger partial charge in [0.2, 0.25) is 5.91 Å². The van der Waals surface area contributed by atoms with Crippen molar-refractivity contribution in [3.05, 3.63) is 46.2 Å². The number of carbonyl (C=O) groups is 2. The molecular weight excluding hydrogens is 394 g/mol. The predicted octanol–water partition coefficient (Wildman–Crippen LogP) is 4.79. The fourth-order valence-corrected chi connectivity index (χ4v) is 5.06. The monoisotopic (exact) mass is 425 g/mol. The van der Waals surface area contributed by atoms with Crippen molar-refractivity contribution >= 4 is 34.5 Å². The normalized spacial score (nSPS) is 17.8. The molecule has 1 aromatic heterocycles. The quantitative estimate of drug-likeness (QED) is 0.749. The zero-order chi connectivity index (χ0) is 20.9. The van der Waals surface area contributed by atoms with Gasteiger partial charge in [-0.25, -0.2) is 0 Å². The van der Waals surface area contributed by atoms with Gasteiger partial charge in [0.1, 0.15) is 0 Å². The van der Waals surface area contributed by atoms with E-state index in [0.717, 1.165) is 73.9 Å². The van der Waals surface area contributed by atoms with Crippen molar-refractivity contribution in [3.8, 4) is 0 Å². The second kappa shape index (κ2) is 9.65. The molecule has 0 saturated carbocycles. The van der Waals surface area contributed by atoms with Crippen LogP contribution in [0, 0.1) is 5.92 Å². The number of piperidine rings is 2. The van der Waals surface area contributed by atoms with Gasteiger partial charge in [0, 0.05) is 42.4 Å². The van der Waals surface area contributed by atoms with Crippen LogP contribution in [-0.4, -0.2) is 42.9 Å². The SMILES string of the molecule is CC1CCN(c2ccc(NC(=O)Cc3cccs3)cc2C(=O)N2CCCCC2)CC1. The van der Waals surface area contributed by atoms with E-state index >= 15 is 0 Å². The van der Waals surface area contributed by atoms with Crippen molar-refractivity contribution in [2.75, 3.05) is 36.4 Å². The molecule has 6 heteroatoms. The summed E-state index contributed by atoms with van der Waals surface area (Å²) in [6, 6.07) is 9.77. The number of hydrogen-bond donors (Lipinski definition) is 1. The summed E-state index contributed by atoms with van der Waals surface area (Å²) < 4.78 is 0. The average molecular weight is 426 g/mol. The summed E-state index contributed by atoms with van der Waals surface area (Å²) in [5, 5.41) is 4.97. The van der Waals surface area contributed by atoms with Crippen molar-refractivity contribution < 1.29 is 9.59 Å². The summed E-state index contributed by atoms with van der Waals surface area (Å²) in [6.07, 6.45) is 5.99. The molecule has 3 heterocycles. The van der Waals surface area contributed by atoms with Gasteiger partial charge in [-0.1, -0.05) is 13.0 Å². The molecule has 5 nitrogen and oxygen atoms in total. The van der Waals surface area contributed by atoms with E-state index in [0.29, 0.717) is 12.1 Å². The smallest absolute Gasteiger partial charge is 0.256 e. The highest BCUT2D eigenvalue weighted by atomic mass is 32.1. The molecule has 2 amide bonds. The molecule has 1 N–H and O–H groups in total. The van der Waals surface area contributed by atoms with Gasteiger partial charge in [-0.15, -0.1) is 11.3 Å². The highest BCUT2D eigenvalue weighted by Crippen LogP contribution is 2.30. The van der Waals surface area contributed by atoms with E-state index in [1.54, 1.807) is 11.3 Å². The zero-order valence-electron chi connectivity index (χ0n) is 17.7. The summed E-state index contributed by atoms with van der Waals surface area (Å²) in [4.78, 5) is 31.2. The van der Waals surface area contributed by atoms with Crippen LogP contribution in [0.25, 0.3) is 0 Å². The molecule has 0 aliphatic carbocycles. The van der Waals surface area contributed by atoms with E-state index in [9.17, 15) is 9.59 Å². The van der Waals surface area contributed by atoms with Crippen LogP contribution in [0.5, 0.6) is 0 Å². The molecule has 2 aliphatic rings. The lowest BCUT2D eigenvalue weighted by molar-refractivity contribution is -0.115. The minimum Gasteiger partial charge on any atom is -0.371 e. The van der Waals surface area contributed by atoms with Crippen molar-refractivity contribution in [3.63, 3.8) is 0 Å². The maximum atomic E-state index is 13.4. The highest BCUT2D eigenvalue weighted by Gasteiger charge is 2.25. The van der Waals surface area contributed by atoms with E-state index < -0.39 is 0 Å². The van der Waals surface area contributed by atoms with Gasteiger partial charge in [0.15, 0.2) is 0 Å². The number of carbonyl (C=O) groups excluding carboxylic acids is 2. The van der Waals surface area contributed by atoms with Crippen molar-refractivity contribution in [1.82, 2.24) is 4.90 Å². The van der Waals surface area contributed by atoms with Crippen molar-refractivity contribution in [1.29, 1.82) is 0 Å². The summed E-state index contributed by atoms with van der Waals surface area (Å²) >= 11 is 1.58. The van der Waals surface area contributed by atoms with E-state index in [1.807, 2.05) is 40.6 Å². The van der Waals surface area contributed by atoms with Gasteiger partial charge < -0.3 is 15.1 Å². The topological polar surface area (TPSA) is 52.7 Å². The summed E-state index contributed by atoms with van der Waals surface area (Å²) in [7, 11) is 0. The first-order valence-electron chi connectivity index (χ1n) is 11.1. The Labute approximate surface area is 183 Å². The van der Waals surface area contributed by atoms with Crippen LogP contribution in [0.3, 0.4) is 0 Å². The standard InChI is InChI=1S/C24H31N3O2S/c1-18-9-13-26(14-10-18)22-8-7-19(25-23(28)17-20-6-5-15-30-20)16-21(22)24(29)27-11-3-2-4-12-27/h5-8,15-16,18H,2-4,9-14,17H2,1H3,(H,25,28). The van der Waals surface area contributed by atoms with Gasteiger partial charge in [-0.2, -0.15) is 0 Å². The lowest BCUT2D eigenvalue weighted by Crippen LogP contribution is -2.38. The second-order valence-corrected chi connectivity index (χ2v) is 9.59. The molecule has 30 heavy (non-hydrogen) atoms.